The van der Waals surface area contributed by atoms with Gasteiger partial charge in [0, 0.05) is 18.5 Å². The monoisotopic (exact) mass is 224 g/mol. The summed E-state index contributed by atoms with van der Waals surface area (Å²) < 4.78 is 0. The summed E-state index contributed by atoms with van der Waals surface area (Å²) in [6.07, 6.45) is 0.758. The Kier molecular flexibility index (Phi) is 4.15. The van der Waals surface area contributed by atoms with Crippen molar-refractivity contribution < 1.29 is 0 Å². The van der Waals surface area contributed by atoms with Crippen molar-refractivity contribution in [3.8, 4) is 0 Å². The van der Waals surface area contributed by atoms with Gasteiger partial charge in [0.05, 0.1) is 11.9 Å². The van der Waals surface area contributed by atoms with Crippen molar-refractivity contribution in [2.24, 2.45) is 0 Å². The van der Waals surface area contributed by atoms with E-state index in [1.54, 1.807) is 0 Å². The molecule has 1 N–H and O–H groups in total. The average Bonchev–Trinajstić information content (AvgIpc) is 2.27. The highest BCUT2D eigenvalue weighted by molar-refractivity contribution is 6.30. The number of rotatable bonds is 3. The minimum absolute atomic E-state index is 0.217. The van der Waals surface area contributed by atoms with Gasteiger partial charge in [-0.3, -0.25) is 5.41 Å². The molecule has 1 atom stereocenters. The van der Waals surface area contributed by atoms with Gasteiger partial charge in [-0.1, -0.05) is 30.7 Å². The Balaban J connectivity index is 2.80. The van der Waals surface area contributed by atoms with Crippen LogP contribution < -0.4 is 0 Å². The fourth-order valence-electron chi connectivity index (χ4n) is 1.45. The summed E-state index contributed by atoms with van der Waals surface area (Å²) in [6, 6.07) is 8.00. The Morgan fingerprint density at radius 2 is 1.93 bits per heavy atom. The number of benzene rings is 1. The van der Waals surface area contributed by atoms with Crippen LogP contribution in [0.1, 0.15) is 31.9 Å². The molecule has 1 aromatic carbocycles. The summed E-state index contributed by atoms with van der Waals surface area (Å²) >= 11 is 5.83. The highest BCUT2D eigenvalue weighted by Crippen LogP contribution is 2.21. The molecule has 0 aliphatic heterocycles. The van der Waals surface area contributed by atoms with Crippen LogP contribution in [-0.4, -0.2) is 17.8 Å². The third kappa shape index (κ3) is 2.96. The molecule has 0 heterocycles. The molecule has 3 heteroatoms. The summed E-state index contributed by atoms with van der Waals surface area (Å²) in [5.74, 6) is 0.650. The van der Waals surface area contributed by atoms with Crippen LogP contribution in [0, 0.1) is 5.41 Å². The maximum atomic E-state index is 7.77. The molecule has 0 aliphatic carbocycles. The molecule has 0 spiro atoms. The molecular formula is C12H17ClN2. The summed E-state index contributed by atoms with van der Waals surface area (Å²) in [4.78, 5) is 1.98. The van der Waals surface area contributed by atoms with Crippen LogP contribution in [0.2, 0.25) is 5.02 Å². The lowest BCUT2D eigenvalue weighted by atomic mass is 10.1. The molecule has 1 aromatic rings. The second kappa shape index (κ2) is 5.17. The van der Waals surface area contributed by atoms with Crippen molar-refractivity contribution >= 4 is 17.4 Å². The van der Waals surface area contributed by atoms with E-state index >= 15 is 0 Å². The topological polar surface area (TPSA) is 27.1 Å². The third-order valence-corrected chi connectivity index (χ3v) is 2.95. The van der Waals surface area contributed by atoms with Gasteiger partial charge in [-0.2, -0.15) is 0 Å². The highest BCUT2D eigenvalue weighted by Gasteiger charge is 2.12. The second-order valence-corrected chi connectivity index (χ2v) is 4.08. The average molecular weight is 225 g/mol. The van der Waals surface area contributed by atoms with Crippen LogP contribution in [0.5, 0.6) is 0 Å². The summed E-state index contributed by atoms with van der Waals surface area (Å²) in [6.45, 7) is 4.08. The lowest BCUT2D eigenvalue weighted by Crippen LogP contribution is -2.28. The molecule has 0 radical (unpaired) electrons. The van der Waals surface area contributed by atoms with E-state index in [0.29, 0.717) is 5.84 Å². The molecule has 0 saturated heterocycles. The number of amidine groups is 1. The second-order valence-electron chi connectivity index (χ2n) is 3.64. The van der Waals surface area contributed by atoms with Crippen molar-refractivity contribution in [1.82, 2.24) is 4.90 Å². The van der Waals surface area contributed by atoms with Crippen molar-refractivity contribution in [3.05, 3.63) is 34.9 Å². The molecule has 0 fully saturated rings. The van der Waals surface area contributed by atoms with Gasteiger partial charge in [-0.15, -0.1) is 0 Å². The van der Waals surface area contributed by atoms with Gasteiger partial charge < -0.3 is 4.90 Å². The van der Waals surface area contributed by atoms with Crippen molar-refractivity contribution in [3.63, 3.8) is 0 Å². The zero-order chi connectivity index (χ0) is 11.4. The fraction of sp³-hybridized carbons (Fsp3) is 0.417. The van der Waals surface area contributed by atoms with Gasteiger partial charge >= 0.3 is 0 Å². The first-order chi connectivity index (χ1) is 7.06. The van der Waals surface area contributed by atoms with E-state index in [9.17, 15) is 0 Å². The predicted molar refractivity (Wildman–Crippen MR) is 65.6 cm³/mol. The van der Waals surface area contributed by atoms with E-state index in [1.165, 1.54) is 5.56 Å². The van der Waals surface area contributed by atoms with Gasteiger partial charge in [0.2, 0.25) is 0 Å². The third-order valence-electron chi connectivity index (χ3n) is 2.69. The zero-order valence-electron chi connectivity index (χ0n) is 9.42. The Labute approximate surface area is 96.4 Å². The number of hydrogen-bond donors (Lipinski definition) is 1. The largest absolute Gasteiger partial charge is 0.357 e. The van der Waals surface area contributed by atoms with Crippen LogP contribution in [0.15, 0.2) is 24.3 Å². The van der Waals surface area contributed by atoms with Crippen LogP contribution >= 0.6 is 11.6 Å². The number of hydrogen-bond acceptors (Lipinski definition) is 1. The van der Waals surface area contributed by atoms with Crippen molar-refractivity contribution in [2.45, 2.75) is 26.3 Å². The first kappa shape index (κ1) is 12.1. The van der Waals surface area contributed by atoms with E-state index in [0.717, 1.165) is 11.4 Å². The van der Waals surface area contributed by atoms with Gasteiger partial charge in [-0.25, -0.2) is 0 Å². The van der Waals surface area contributed by atoms with Crippen molar-refractivity contribution in [2.75, 3.05) is 7.05 Å². The summed E-state index contributed by atoms with van der Waals surface area (Å²) in [7, 11) is 1.95. The normalized spacial score (nSPS) is 12.3. The molecule has 1 unspecified atom stereocenters. The fourth-order valence-corrected chi connectivity index (χ4v) is 1.57. The Morgan fingerprint density at radius 3 is 2.40 bits per heavy atom. The minimum atomic E-state index is 0.217. The Bertz CT molecular complexity index is 332. The molecule has 1 rings (SSSR count). The molecule has 0 aromatic heterocycles. The van der Waals surface area contributed by atoms with E-state index in [2.05, 4.69) is 6.92 Å². The molecule has 15 heavy (non-hydrogen) atoms. The first-order valence-electron chi connectivity index (χ1n) is 5.12. The van der Waals surface area contributed by atoms with Crippen LogP contribution in [0.3, 0.4) is 0 Å². The lowest BCUT2D eigenvalue weighted by Gasteiger charge is -2.27. The molecule has 0 bridgehead atoms. The van der Waals surface area contributed by atoms with Crippen LogP contribution in [0.25, 0.3) is 0 Å². The SMILES string of the molecule is CCC(=N)N(C)C(C)c1ccc(Cl)cc1. The zero-order valence-corrected chi connectivity index (χ0v) is 10.2. The Hall–Kier alpha value is -1.02. The molecule has 2 nitrogen and oxygen atoms in total. The van der Waals surface area contributed by atoms with Gasteiger partial charge in [-0.05, 0) is 24.6 Å². The molecular weight excluding hydrogens is 208 g/mol. The van der Waals surface area contributed by atoms with E-state index < -0.39 is 0 Å². The first-order valence-corrected chi connectivity index (χ1v) is 5.49. The molecule has 0 saturated carbocycles. The van der Waals surface area contributed by atoms with E-state index in [1.807, 2.05) is 43.1 Å². The van der Waals surface area contributed by atoms with Gasteiger partial charge in [0.15, 0.2) is 0 Å². The summed E-state index contributed by atoms with van der Waals surface area (Å²) in [5, 5.41) is 8.51. The maximum Gasteiger partial charge on any atom is 0.0957 e. The predicted octanol–water partition coefficient (Wildman–Crippen LogP) is 3.72. The molecule has 0 amide bonds. The number of nitrogens with zero attached hydrogens (tertiary/aromatic N) is 1. The number of halogens is 1. The van der Waals surface area contributed by atoms with Gasteiger partial charge in [0.25, 0.3) is 0 Å². The standard InChI is InChI=1S/C12H17ClN2/c1-4-12(14)15(3)9(2)10-5-7-11(13)8-6-10/h5-9,14H,4H2,1-3H3. The van der Waals surface area contributed by atoms with Gasteiger partial charge in [0.1, 0.15) is 0 Å². The van der Waals surface area contributed by atoms with E-state index in [-0.39, 0.29) is 6.04 Å². The van der Waals surface area contributed by atoms with Crippen LogP contribution in [-0.2, 0) is 0 Å². The van der Waals surface area contributed by atoms with E-state index in [4.69, 9.17) is 17.0 Å². The smallest absolute Gasteiger partial charge is 0.0957 e. The van der Waals surface area contributed by atoms with Crippen LogP contribution in [0.4, 0.5) is 0 Å². The maximum absolute atomic E-state index is 7.77. The molecule has 82 valence electrons. The quantitative estimate of drug-likeness (QED) is 0.615. The summed E-state index contributed by atoms with van der Waals surface area (Å²) in [5.41, 5.74) is 1.18. The molecule has 0 aliphatic rings. The lowest BCUT2D eigenvalue weighted by molar-refractivity contribution is 0.393. The minimum Gasteiger partial charge on any atom is -0.357 e. The Morgan fingerprint density at radius 1 is 1.40 bits per heavy atom. The number of nitrogens with one attached hydrogen (secondary N) is 1. The highest BCUT2D eigenvalue weighted by atomic mass is 35.5. The van der Waals surface area contributed by atoms with Crippen molar-refractivity contribution in [1.29, 1.82) is 5.41 Å².